The van der Waals surface area contributed by atoms with Crippen LogP contribution in [0.3, 0.4) is 0 Å². The second-order valence-corrected chi connectivity index (χ2v) is 4.25. The van der Waals surface area contributed by atoms with Crippen LogP contribution in [-0.2, 0) is 6.42 Å². The van der Waals surface area contributed by atoms with Gasteiger partial charge in [0.1, 0.15) is 5.82 Å². The second kappa shape index (κ2) is 4.18. The molecule has 0 spiro atoms. The third-order valence-electron chi connectivity index (χ3n) is 2.63. The average Bonchev–Trinajstić information content (AvgIpc) is 2.57. The summed E-state index contributed by atoms with van der Waals surface area (Å²) in [6.07, 6.45) is 0.555. The summed E-state index contributed by atoms with van der Waals surface area (Å²) in [6.45, 7) is 3.80. The molecule has 17 heavy (non-hydrogen) atoms. The Hall–Kier alpha value is -1.88. The fourth-order valence-electron chi connectivity index (χ4n) is 1.96. The van der Waals surface area contributed by atoms with E-state index < -0.39 is 5.97 Å². The minimum atomic E-state index is -1.01. The Kier molecular flexibility index (Phi) is 2.85. The molecule has 0 aliphatic rings. The van der Waals surface area contributed by atoms with Gasteiger partial charge >= 0.3 is 5.97 Å². The average molecular weight is 233 g/mol. The van der Waals surface area contributed by atoms with Crippen molar-refractivity contribution in [3.05, 3.63) is 35.4 Å². The molecule has 2 aromatic heterocycles. The van der Waals surface area contributed by atoms with E-state index >= 15 is 0 Å². The summed E-state index contributed by atoms with van der Waals surface area (Å²) in [4.78, 5) is 15.3. The number of pyridine rings is 1. The molecule has 0 aliphatic carbocycles. The van der Waals surface area contributed by atoms with Crippen LogP contribution in [0.25, 0.3) is 5.52 Å². The van der Waals surface area contributed by atoms with Crippen molar-refractivity contribution < 1.29 is 9.90 Å². The van der Waals surface area contributed by atoms with Crippen molar-refractivity contribution in [2.45, 2.75) is 26.3 Å². The number of imidazole rings is 1. The summed E-state index contributed by atoms with van der Waals surface area (Å²) in [5.74, 6) is -0.311. The van der Waals surface area contributed by atoms with Crippen LogP contribution in [0.15, 0.2) is 18.2 Å². The number of hydrogen-bond donors (Lipinski definition) is 2. The van der Waals surface area contributed by atoms with Gasteiger partial charge in [-0.25, -0.2) is 9.78 Å². The molecule has 2 aromatic rings. The molecule has 5 heteroatoms. The number of aromatic carboxylic acids is 1. The number of rotatable bonds is 3. The Balaban J connectivity index is 2.71. The van der Waals surface area contributed by atoms with E-state index in [9.17, 15) is 4.79 Å². The number of carboxylic acids is 1. The summed E-state index contributed by atoms with van der Waals surface area (Å²) in [6, 6.07) is 5.45. The third-order valence-corrected chi connectivity index (χ3v) is 2.63. The van der Waals surface area contributed by atoms with Gasteiger partial charge in [0.15, 0.2) is 5.69 Å². The molecule has 3 N–H and O–H groups in total. The maximum Gasteiger partial charge on any atom is 0.356 e. The van der Waals surface area contributed by atoms with Crippen LogP contribution in [0.2, 0.25) is 0 Å². The lowest BCUT2D eigenvalue weighted by Gasteiger charge is -2.06. The number of carbonyl (C=O) groups is 1. The van der Waals surface area contributed by atoms with Gasteiger partial charge in [-0.3, -0.25) is 0 Å². The summed E-state index contributed by atoms with van der Waals surface area (Å²) in [7, 11) is 0. The zero-order valence-corrected chi connectivity index (χ0v) is 9.84. The first-order valence-electron chi connectivity index (χ1n) is 5.46. The maximum atomic E-state index is 11.1. The molecule has 0 amide bonds. The topological polar surface area (TPSA) is 80.6 Å². The predicted molar refractivity (Wildman–Crippen MR) is 64.2 cm³/mol. The van der Waals surface area contributed by atoms with E-state index in [1.165, 1.54) is 0 Å². The Labute approximate surface area is 98.9 Å². The molecule has 0 saturated carbocycles. The zero-order chi connectivity index (χ0) is 12.6. The molecule has 1 atom stereocenters. The van der Waals surface area contributed by atoms with Gasteiger partial charge in [0, 0.05) is 18.2 Å². The zero-order valence-electron chi connectivity index (χ0n) is 9.84. The molecule has 0 radical (unpaired) electrons. The molecule has 2 rings (SSSR count). The quantitative estimate of drug-likeness (QED) is 0.835. The summed E-state index contributed by atoms with van der Waals surface area (Å²) in [5, 5.41) is 9.11. The van der Waals surface area contributed by atoms with Gasteiger partial charge in [-0.2, -0.15) is 0 Å². The first-order chi connectivity index (χ1) is 8.00. The summed E-state index contributed by atoms with van der Waals surface area (Å²) >= 11 is 0. The molecule has 0 aliphatic heterocycles. The highest BCUT2D eigenvalue weighted by molar-refractivity contribution is 5.93. The fraction of sp³-hybridized carbons (Fsp3) is 0.333. The van der Waals surface area contributed by atoms with Crippen LogP contribution in [0, 0.1) is 6.92 Å². The Morgan fingerprint density at radius 2 is 2.29 bits per heavy atom. The Morgan fingerprint density at radius 1 is 1.59 bits per heavy atom. The minimum absolute atomic E-state index is 0.0538. The number of fused-ring (bicyclic) bond motifs is 1. The van der Waals surface area contributed by atoms with Crippen molar-refractivity contribution in [1.29, 1.82) is 0 Å². The number of hydrogen-bond acceptors (Lipinski definition) is 3. The Bertz CT molecular complexity index is 572. The minimum Gasteiger partial charge on any atom is -0.476 e. The Morgan fingerprint density at radius 3 is 2.88 bits per heavy atom. The highest BCUT2D eigenvalue weighted by Crippen LogP contribution is 2.16. The van der Waals surface area contributed by atoms with E-state index in [1.807, 2.05) is 30.4 Å². The van der Waals surface area contributed by atoms with Crippen LogP contribution in [0.1, 0.15) is 28.9 Å². The number of aryl methyl sites for hydroxylation is 1. The summed E-state index contributed by atoms with van der Waals surface area (Å²) < 4.78 is 1.85. The molecule has 2 heterocycles. The molecule has 0 fully saturated rings. The first kappa shape index (κ1) is 11.6. The highest BCUT2D eigenvalue weighted by atomic mass is 16.4. The summed E-state index contributed by atoms with van der Waals surface area (Å²) in [5.41, 5.74) is 7.41. The van der Waals surface area contributed by atoms with Crippen molar-refractivity contribution in [1.82, 2.24) is 9.38 Å². The van der Waals surface area contributed by atoms with E-state index in [-0.39, 0.29) is 11.7 Å². The first-order valence-corrected chi connectivity index (χ1v) is 5.46. The second-order valence-electron chi connectivity index (χ2n) is 4.25. The van der Waals surface area contributed by atoms with Gasteiger partial charge in [0.2, 0.25) is 0 Å². The molecule has 0 saturated heterocycles. The van der Waals surface area contributed by atoms with Crippen molar-refractivity contribution in [2.24, 2.45) is 5.73 Å². The van der Waals surface area contributed by atoms with E-state index in [4.69, 9.17) is 10.8 Å². The van der Waals surface area contributed by atoms with E-state index in [2.05, 4.69) is 4.98 Å². The van der Waals surface area contributed by atoms with Crippen LogP contribution < -0.4 is 5.73 Å². The SMILES string of the molecule is Cc1cccc2c(C(=O)O)nc(CC(C)N)n12. The lowest BCUT2D eigenvalue weighted by molar-refractivity contribution is 0.0693. The monoisotopic (exact) mass is 233 g/mol. The predicted octanol–water partition coefficient (Wildman–Crippen LogP) is 1.23. The highest BCUT2D eigenvalue weighted by Gasteiger charge is 2.17. The lowest BCUT2D eigenvalue weighted by atomic mass is 10.2. The molecule has 0 bridgehead atoms. The molecular formula is C12H15N3O2. The lowest BCUT2D eigenvalue weighted by Crippen LogP contribution is -2.19. The standard InChI is InChI=1S/C12H15N3O2/c1-7(13)6-10-14-11(12(16)17)9-5-3-4-8(2)15(9)10/h3-5,7H,6,13H2,1-2H3,(H,16,17). The van der Waals surface area contributed by atoms with E-state index in [1.54, 1.807) is 6.07 Å². The molecule has 90 valence electrons. The van der Waals surface area contributed by atoms with Crippen molar-refractivity contribution in [3.8, 4) is 0 Å². The van der Waals surface area contributed by atoms with Gasteiger partial charge < -0.3 is 15.2 Å². The normalized spacial score (nSPS) is 12.9. The van der Waals surface area contributed by atoms with Gasteiger partial charge in [-0.15, -0.1) is 0 Å². The number of carboxylic acid groups (broad SMARTS) is 1. The largest absolute Gasteiger partial charge is 0.476 e. The van der Waals surface area contributed by atoms with Crippen LogP contribution in [0.5, 0.6) is 0 Å². The van der Waals surface area contributed by atoms with Gasteiger partial charge in [0.25, 0.3) is 0 Å². The maximum absolute atomic E-state index is 11.1. The van der Waals surface area contributed by atoms with Crippen LogP contribution in [-0.4, -0.2) is 26.5 Å². The van der Waals surface area contributed by atoms with Crippen molar-refractivity contribution in [3.63, 3.8) is 0 Å². The third kappa shape index (κ3) is 2.01. The van der Waals surface area contributed by atoms with E-state index in [0.717, 1.165) is 5.69 Å². The van der Waals surface area contributed by atoms with Crippen LogP contribution >= 0.6 is 0 Å². The molecular weight excluding hydrogens is 218 g/mol. The van der Waals surface area contributed by atoms with Gasteiger partial charge in [0.05, 0.1) is 5.52 Å². The van der Waals surface area contributed by atoms with Crippen molar-refractivity contribution in [2.75, 3.05) is 0 Å². The van der Waals surface area contributed by atoms with Gasteiger partial charge in [-0.05, 0) is 26.0 Å². The van der Waals surface area contributed by atoms with Crippen molar-refractivity contribution >= 4 is 11.5 Å². The van der Waals surface area contributed by atoms with E-state index in [0.29, 0.717) is 17.8 Å². The number of nitrogens with two attached hydrogens (primary N) is 1. The number of nitrogens with zero attached hydrogens (tertiary/aromatic N) is 2. The van der Waals surface area contributed by atoms with Crippen LogP contribution in [0.4, 0.5) is 0 Å². The fourth-order valence-corrected chi connectivity index (χ4v) is 1.96. The molecule has 0 aromatic carbocycles. The van der Waals surface area contributed by atoms with Gasteiger partial charge in [-0.1, -0.05) is 6.07 Å². The smallest absolute Gasteiger partial charge is 0.356 e. The molecule has 5 nitrogen and oxygen atoms in total. The molecule has 1 unspecified atom stereocenters. The number of aromatic nitrogens is 2.